The minimum Gasteiger partial charge on any atom is -0.392 e. The second-order valence-corrected chi connectivity index (χ2v) is 6.26. The Morgan fingerprint density at radius 1 is 1.33 bits per heavy atom. The zero-order valence-corrected chi connectivity index (χ0v) is 12.2. The zero-order valence-electron chi connectivity index (χ0n) is 12.2. The summed E-state index contributed by atoms with van der Waals surface area (Å²) >= 11 is 0. The lowest BCUT2D eigenvalue weighted by atomic mass is 9.92. The first kappa shape index (κ1) is 13.0. The molecule has 0 bridgehead atoms. The van der Waals surface area contributed by atoms with E-state index in [1.54, 1.807) is 0 Å². The molecule has 0 amide bonds. The predicted molar refractivity (Wildman–Crippen MR) is 81.5 cm³/mol. The Kier molecular flexibility index (Phi) is 2.91. The number of β-amino-alcohol motifs (C(OH)–C–C–N with tert-alkyl or cyclic N) is 1. The summed E-state index contributed by atoms with van der Waals surface area (Å²) in [5, 5.41) is 11.0. The molecule has 1 N–H and O–H groups in total. The largest absolute Gasteiger partial charge is 0.392 e. The molecule has 4 rings (SSSR count). The smallest absolute Gasteiger partial charge is 0.231 e. The third-order valence-electron chi connectivity index (χ3n) is 4.81. The van der Waals surface area contributed by atoms with Gasteiger partial charge in [0, 0.05) is 30.6 Å². The first-order valence-corrected chi connectivity index (χ1v) is 7.74. The third-order valence-corrected chi connectivity index (χ3v) is 4.81. The number of hydrogen-bond acceptors (Lipinski definition) is 3. The van der Waals surface area contributed by atoms with Gasteiger partial charge in [-0.05, 0) is 31.4 Å². The van der Waals surface area contributed by atoms with E-state index in [9.17, 15) is 9.90 Å². The number of hydrogen-bond donors (Lipinski definition) is 1. The van der Waals surface area contributed by atoms with Crippen molar-refractivity contribution in [2.75, 3.05) is 13.1 Å². The minimum absolute atomic E-state index is 0.211. The van der Waals surface area contributed by atoms with Crippen LogP contribution in [0.3, 0.4) is 0 Å². The highest BCUT2D eigenvalue weighted by molar-refractivity contribution is 5.97. The molecule has 3 heterocycles. The van der Waals surface area contributed by atoms with Crippen LogP contribution >= 0.6 is 0 Å². The average molecular weight is 284 g/mol. The molecule has 21 heavy (non-hydrogen) atoms. The summed E-state index contributed by atoms with van der Waals surface area (Å²) < 4.78 is 1.94. The molecule has 2 atom stereocenters. The highest BCUT2D eigenvalue weighted by Crippen LogP contribution is 2.42. The lowest BCUT2D eigenvalue weighted by Crippen LogP contribution is -2.42. The van der Waals surface area contributed by atoms with Crippen LogP contribution in [-0.2, 0) is 6.42 Å². The Bertz CT molecular complexity index is 717. The van der Waals surface area contributed by atoms with Gasteiger partial charge in [0.2, 0.25) is 5.91 Å². The molecule has 2 aliphatic heterocycles. The van der Waals surface area contributed by atoms with Crippen LogP contribution in [0, 0.1) is 0 Å². The minimum atomic E-state index is -0.331. The number of para-hydroxylation sites is 1. The summed E-state index contributed by atoms with van der Waals surface area (Å²) in [5.74, 6) is 0.211. The number of rotatable bonds is 2. The fourth-order valence-electron chi connectivity index (χ4n) is 4.04. The van der Waals surface area contributed by atoms with Gasteiger partial charge in [-0.3, -0.25) is 14.3 Å². The van der Waals surface area contributed by atoms with E-state index in [2.05, 4.69) is 11.0 Å². The van der Waals surface area contributed by atoms with Crippen LogP contribution < -0.4 is 0 Å². The molecule has 0 spiro atoms. The molecule has 0 saturated carbocycles. The normalized spacial score (nSPS) is 23.3. The monoisotopic (exact) mass is 284 g/mol. The number of benzene rings is 1. The van der Waals surface area contributed by atoms with Crippen molar-refractivity contribution in [1.82, 2.24) is 9.47 Å². The number of carbonyl (C=O) groups is 1. The fraction of sp³-hybridized carbons (Fsp3) is 0.471. The van der Waals surface area contributed by atoms with Crippen molar-refractivity contribution in [2.45, 2.75) is 38.3 Å². The number of carbonyl (C=O) groups excluding carboxylic acids is 1. The Morgan fingerprint density at radius 3 is 2.95 bits per heavy atom. The van der Waals surface area contributed by atoms with Gasteiger partial charge in [-0.2, -0.15) is 0 Å². The predicted octanol–water partition coefficient (Wildman–Crippen LogP) is 2.36. The topological polar surface area (TPSA) is 45.5 Å². The van der Waals surface area contributed by atoms with Gasteiger partial charge < -0.3 is 5.11 Å². The molecule has 2 unspecified atom stereocenters. The van der Waals surface area contributed by atoms with Crippen molar-refractivity contribution in [1.29, 1.82) is 0 Å². The summed E-state index contributed by atoms with van der Waals surface area (Å²) in [6.07, 6.45) is 2.09. The molecule has 0 saturated heterocycles. The van der Waals surface area contributed by atoms with Gasteiger partial charge in [0.15, 0.2) is 0 Å². The van der Waals surface area contributed by atoms with Crippen LogP contribution in [-0.4, -0.2) is 39.7 Å². The van der Waals surface area contributed by atoms with Gasteiger partial charge in [-0.15, -0.1) is 0 Å². The van der Waals surface area contributed by atoms with E-state index >= 15 is 0 Å². The van der Waals surface area contributed by atoms with Crippen molar-refractivity contribution < 1.29 is 9.90 Å². The van der Waals surface area contributed by atoms with E-state index in [0.717, 1.165) is 24.9 Å². The van der Waals surface area contributed by atoms with Crippen molar-refractivity contribution in [3.63, 3.8) is 0 Å². The van der Waals surface area contributed by atoms with E-state index < -0.39 is 0 Å². The van der Waals surface area contributed by atoms with E-state index in [4.69, 9.17) is 0 Å². The zero-order chi connectivity index (χ0) is 14.6. The average Bonchev–Trinajstić information content (AvgIpc) is 2.80. The van der Waals surface area contributed by atoms with Gasteiger partial charge in [0.1, 0.15) is 0 Å². The molecule has 2 aliphatic rings. The Balaban J connectivity index is 1.92. The highest BCUT2D eigenvalue weighted by Gasteiger charge is 2.37. The number of aromatic nitrogens is 1. The van der Waals surface area contributed by atoms with Gasteiger partial charge in [0.25, 0.3) is 0 Å². The van der Waals surface area contributed by atoms with Crippen molar-refractivity contribution in [3.8, 4) is 0 Å². The van der Waals surface area contributed by atoms with Crippen LogP contribution in [0.1, 0.15) is 41.9 Å². The molecule has 0 fully saturated rings. The molecular weight excluding hydrogens is 264 g/mol. The fourth-order valence-corrected chi connectivity index (χ4v) is 4.04. The van der Waals surface area contributed by atoms with Crippen LogP contribution in [0.25, 0.3) is 10.9 Å². The number of aliphatic hydroxyl groups is 1. The van der Waals surface area contributed by atoms with Crippen LogP contribution in [0.4, 0.5) is 0 Å². The maximum absolute atomic E-state index is 12.4. The molecular formula is C17H20N2O2. The number of aliphatic hydroxyl groups excluding tert-OH is 1. The summed E-state index contributed by atoms with van der Waals surface area (Å²) in [6, 6.07) is 8.50. The molecule has 1 aromatic heterocycles. The van der Waals surface area contributed by atoms with E-state index in [-0.39, 0.29) is 18.1 Å². The quantitative estimate of drug-likeness (QED) is 0.921. The summed E-state index contributed by atoms with van der Waals surface area (Å²) in [7, 11) is 0. The third kappa shape index (κ3) is 1.86. The van der Waals surface area contributed by atoms with Gasteiger partial charge in [-0.25, -0.2) is 0 Å². The standard InChI is InChI=1S/C17H20N2O2/c1-11(20)10-18-9-8-13-12-4-2-3-5-14(12)19-16(21)7-6-15(18)17(13)19/h2-5,11,15,20H,6-10H2,1H3. The Labute approximate surface area is 124 Å². The molecule has 2 aromatic rings. The van der Waals surface area contributed by atoms with Crippen LogP contribution in [0.15, 0.2) is 24.3 Å². The SMILES string of the molecule is CC(O)CN1CCc2c3n(c4ccccc24)C(=O)CCC31. The second-order valence-electron chi connectivity index (χ2n) is 6.26. The van der Waals surface area contributed by atoms with E-state index in [0.29, 0.717) is 13.0 Å². The van der Waals surface area contributed by atoms with Crippen LogP contribution in [0.5, 0.6) is 0 Å². The molecule has 4 nitrogen and oxygen atoms in total. The van der Waals surface area contributed by atoms with E-state index in [1.165, 1.54) is 16.6 Å². The lowest BCUT2D eigenvalue weighted by molar-refractivity contribution is 0.0678. The van der Waals surface area contributed by atoms with E-state index in [1.807, 2.05) is 29.7 Å². The number of fused-ring (bicyclic) bond motifs is 3. The number of nitrogens with zero attached hydrogens (tertiary/aromatic N) is 2. The molecule has 4 heteroatoms. The maximum Gasteiger partial charge on any atom is 0.231 e. The van der Waals surface area contributed by atoms with Crippen molar-refractivity contribution in [2.24, 2.45) is 0 Å². The lowest BCUT2D eigenvalue weighted by Gasteiger charge is -2.39. The van der Waals surface area contributed by atoms with Gasteiger partial charge >= 0.3 is 0 Å². The molecule has 0 aliphatic carbocycles. The first-order valence-electron chi connectivity index (χ1n) is 7.74. The van der Waals surface area contributed by atoms with Crippen LogP contribution in [0.2, 0.25) is 0 Å². The van der Waals surface area contributed by atoms with Crippen molar-refractivity contribution in [3.05, 3.63) is 35.5 Å². The Morgan fingerprint density at radius 2 is 2.14 bits per heavy atom. The second kappa shape index (κ2) is 4.68. The Hall–Kier alpha value is -1.65. The van der Waals surface area contributed by atoms with Crippen molar-refractivity contribution >= 4 is 16.8 Å². The summed E-state index contributed by atoms with van der Waals surface area (Å²) in [5.41, 5.74) is 3.57. The first-order chi connectivity index (χ1) is 10.2. The maximum atomic E-state index is 12.4. The van der Waals surface area contributed by atoms with Gasteiger partial charge in [-0.1, -0.05) is 18.2 Å². The summed E-state index contributed by atoms with van der Waals surface area (Å²) in [6.45, 7) is 3.48. The molecule has 0 radical (unpaired) electrons. The van der Waals surface area contributed by atoms with Gasteiger partial charge in [0.05, 0.1) is 17.7 Å². The molecule has 1 aromatic carbocycles. The highest BCUT2D eigenvalue weighted by atomic mass is 16.3. The molecule has 110 valence electrons. The summed E-state index contributed by atoms with van der Waals surface area (Å²) in [4.78, 5) is 14.8.